The summed E-state index contributed by atoms with van der Waals surface area (Å²) in [6.07, 6.45) is 5.24. The highest BCUT2D eigenvalue weighted by atomic mass is 16.3. The molecule has 0 aliphatic carbocycles. The van der Waals surface area contributed by atoms with Gasteiger partial charge in [0.25, 0.3) is 5.91 Å². The summed E-state index contributed by atoms with van der Waals surface area (Å²) in [6.45, 7) is 0.750. The molecule has 1 aliphatic heterocycles. The second-order valence-electron chi connectivity index (χ2n) is 5.70. The maximum absolute atomic E-state index is 12.6. The molecule has 4 heteroatoms. The van der Waals surface area contributed by atoms with Gasteiger partial charge in [0.05, 0.1) is 11.7 Å². The van der Waals surface area contributed by atoms with E-state index in [0.717, 1.165) is 24.9 Å². The largest absolute Gasteiger partial charge is 0.388 e. The van der Waals surface area contributed by atoms with Gasteiger partial charge >= 0.3 is 0 Å². The van der Waals surface area contributed by atoms with E-state index < -0.39 is 6.10 Å². The third-order valence-corrected chi connectivity index (χ3v) is 4.23. The highest BCUT2D eigenvalue weighted by molar-refractivity contribution is 5.94. The summed E-state index contributed by atoms with van der Waals surface area (Å²) in [5, 5.41) is 10.4. The highest BCUT2D eigenvalue weighted by Gasteiger charge is 2.31. The van der Waals surface area contributed by atoms with Crippen molar-refractivity contribution < 1.29 is 9.90 Å². The molecule has 1 aromatic heterocycles. The van der Waals surface area contributed by atoms with Gasteiger partial charge in [-0.2, -0.15) is 0 Å². The van der Waals surface area contributed by atoms with E-state index in [1.165, 1.54) is 0 Å². The Bertz CT molecular complexity index is 615. The monoisotopic (exact) mass is 296 g/mol. The molecule has 0 spiro atoms. The number of likely N-dealkylation sites (tertiary alicyclic amines) is 1. The molecule has 0 radical (unpaired) electrons. The fraction of sp³-hybridized carbons (Fsp3) is 0.333. The average Bonchev–Trinajstić information content (AvgIpc) is 3.04. The summed E-state index contributed by atoms with van der Waals surface area (Å²) in [7, 11) is 0. The van der Waals surface area contributed by atoms with Gasteiger partial charge in [0, 0.05) is 25.0 Å². The molecule has 4 nitrogen and oxygen atoms in total. The number of carbonyl (C=O) groups is 1. The molecule has 0 saturated carbocycles. The zero-order valence-electron chi connectivity index (χ0n) is 12.4. The number of benzene rings is 1. The van der Waals surface area contributed by atoms with Crippen LogP contribution in [0.25, 0.3) is 0 Å². The summed E-state index contributed by atoms with van der Waals surface area (Å²) in [6, 6.07) is 13.3. The summed E-state index contributed by atoms with van der Waals surface area (Å²) in [5.74, 6) is 0.0101. The maximum Gasteiger partial charge on any atom is 0.255 e. The van der Waals surface area contributed by atoms with Gasteiger partial charge in [-0.15, -0.1) is 0 Å². The van der Waals surface area contributed by atoms with E-state index in [0.29, 0.717) is 12.0 Å². The van der Waals surface area contributed by atoms with Crippen LogP contribution in [-0.2, 0) is 0 Å². The number of aromatic nitrogens is 1. The van der Waals surface area contributed by atoms with Crippen LogP contribution in [0.1, 0.15) is 41.3 Å². The van der Waals surface area contributed by atoms with Crippen molar-refractivity contribution in [1.82, 2.24) is 9.88 Å². The minimum Gasteiger partial charge on any atom is -0.388 e. The normalized spacial score (nSPS) is 19.1. The fourth-order valence-electron chi connectivity index (χ4n) is 3.07. The van der Waals surface area contributed by atoms with Gasteiger partial charge in [0.2, 0.25) is 0 Å². The third kappa shape index (κ3) is 3.17. The number of nitrogens with zero attached hydrogens (tertiary/aromatic N) is 2. The van der Waals surface area contributed by atoms with Gasteiger partial charge in [-0.05, 0) is 37.0 Å². The molecule has 2 atom stereocenters. The summed E-state index contributed by atoms with van der Waals surface area (Å²) >= 11 is 0. The SMILES string of the molecule is O=C(c1cccnc1)N1CCC[C@@H]1C[C@H](O)c1ccccc1. The molecule has 1 aliphatic rings. The summed E-state index contributed by atoms with van der Waals surface area (Å²) in [4.78, 5) is 18.5. The molecule has 2 heterocycles. The molecular formula is C18H20N2O2. The van der Waals surface area contributed by atoms with Crippen LogP contribution in [0.3, 0.4) is 0 Å². The van der Waals surface area contributed by atoms with Crippen molar-refractivity contribution in [2.45, 2.75) is 31.4 Å². The molecule has 0 bridgehead atoms. The Labute approximate surface area is 130 Å². The number of rotatable bonds is 4. The van der Waals surface area contributed by atoms with Crippen molar-refractivity contribution in [3.05, 3.63) is 66.0 Å². The van der Waals surface area contributed by atoms with Gasteiger partial charge in [0.15, 0.2) is 0 Å². The van der Waals surface area contributed by atoms with Crippen molar-refractivity contribution in [3.63, 3.8) is 0 Å². The van der Waals surface area contributed by atoms with Gasteiger partial charge in [-0.25, -0.2) is 0 Å². The predicted octanol–water partition coefficient (Wildman–Crippen LogP) is 2.81. The molecule has 114 valence electrons. The molecule has 2 aromatic rings. The second kappa shape index (κ2) is 6.71. The third-order valence-electron chi connectivity index (χ3n) is 4.23. The van der Waals surface area contributed by atoms with Crippen LogP contribution < -0.4 is 0 Å². The molecule has 0 unspecified atom stereocenters. The van der Waals surface area contributed by atoms with Gasteiger partial charge in [-0.3, -0.25) is 9.78 Å². The van der Waals surface area contributed by atoms with E-state index >= 15 is 0 Å². The maximum atomic E-state index is 12.6. The Kier molecular flexibility index (Phi) is 4.49. The number of hydrogen-bond acceptors (Lipinski definition) is 3. The second-order valence-corrected chi connectivity index (χ2v) is 5.70. The Balaban J connectivity index is 1.70. The lowest BCUT2D eigenvalue weighted by Crippen LogP contribution is -2.36. The number of aliphatic hydroxyl groups is 1. The Morgan fingerprint density at radius 1 is 1.27 bits per heavy atom. The van der Waals surface area contributed by atoms with Crippen LogP contribution in [0, 0.1) is 0 Å². The van der Waals surface area contributed by atoms with Crippen LogP contribution in [0.5, 0.6) is 0 Å². The molecule has 1 amide bonds. The molecule has 1 N–H and O–H groups in total. The minimum absolute atomic E-state index is 0.0101. The Morgan fingerprint density at radius 2 is 2.09 bits per heavy atom. The van der Waals surface area contributed by atoms with Gasteiger partial charge in [0.1, 0.15) is 0 Å². The number of carbonyl (C=O) groups excluding carboxylic acids is 1. The molecule has 1 aromatic carbocycles. The molecular weight excluding hydrogens is 276 g/mol. The molecule has 1 saturated heterocycles. The van der Waals surface area contributed by atoms with E-state index in [1.807, 2.05) is 35.2 Å². The van der Waals surface area contributed by atoms with E-state index in [4.69, 9.17) is 0 Å². The first-order chi connectivity index (χ1) is 10.8. The molecule has 22 heavy (non-hydrogen) atoms. The first-order valence-electron chi connectivity index (χ1n) is 7.69. The van der Waals surface area contributed by atoms with Crippen molar-refractivity contribution >= 4 is 5.91 Å². The lowest BCUT2D eigenvalue weighted by atomic mass is 10.0. The zero-order chi connectivity index (χ0) is 15.4. The van der Waals surface area contributed by atoms with Crippen LogP contribution in [0.4, 0.5) is 0 Å². The van der Waals surface area contributed by atoms with Gasteiger partial charge in [-0.1, -0.05) is 30.3 Å². The van der Waals surface area contributed by atoms with E-state index in [2.05, 4.69) is 4.98 Å². The predicted molar refractivity (Wildman–Crippen MR) is 84.3 cm³/mol. The van der Waals surface area contributed by atoms with Crippen LogP contribution in [0.2, 0.25) is 0 Å². The average molecular weight is 296 g/mol. The first-order valence-corrected chi connectivity index (χ1v) is 7.69. The zero-order valence-corrected chi connectivity index (χ0v) is 12.4. The van der Waals surface area contributed by atoms with Gasteiger partial charge < -0.3 is 10.0 Å². The molecule has 1 fully saturated rings. The first kappa shape index (κ1) is 14.7. The van der Waals surface area contributed by atoms with E-state index in [1.54, 1.807) is 24.5 Å². The van der Waals surface area contributed by atoms with Crippen LogP contribution >= 0.6 is 0 Å². The fourth-order valence-corrected chi connectivity index (χ4v) is 3.07. The van der Waals surface area contributed by atoms with Crippen LogP contribution in [-0.4, -0.2) is 33.5 Å². The lowest BCUT2D eigenvalue weighted by molar-refractivity contribution is 0.0666. The minimum atomic E-state index is -0.534. The summed E-state index contributed by atoms with van der Waals surface area (Å²) < 4.78 is 0. The number of pyridine rings is 1. The summed E-state index contributed by atoms with van der Waals surface area (Å²) in [5.41, 5.74) is 1.52. The smallest absolute Gasteiger partial charge is 0.255 e. The van der Waals surface area contributed by atoms with Crippen molar-refractivity contribution in [3.8, 4) is 0 Å². The number of aliphatic hydroxyl groups excluding tert-OH is 1. The van der Waals surface area contributed by atoms with E-state index in [-0.39, 0.29) is 11.9 Å². The van der Waals surface area contributed by atoms with Crippen molar-refractivity contribution in [1.29, 1.82) is 0 Å². The number of hydrogen-bond donors (Lipinski definition) is 1. The Hall–Kier alpha value is -2.20. The lowest BCUT2D eigenvalue weighted by Gasteiger charge is -2.26. The van der Waals surface area contributed by atoms with E-state index in [9.17, 15) is 9.90 Å². The van der Waals surface area contributed by atoms with Crippen molar-refractivity contribution in [2.75, 3.05) is 6.54 Å². The standard InChI is InChI=1S/C18H20N2O2/c21-17(14-6-2-1-3-7-14)12-16-9-5-11-20(16)18(22)15-8-4-10-19-13-15/h1-4,6-8,10,13,16-17,21H,5,9,11-12H2/t16-,17+/m1/s1. The quantitative estimate of drug-likeness (QED) is 0.944. The topological polar surface area (TPSA) is 53.4 Å². The van der Waals surface area contributed by atoms with Crippen LogP contribution in [0.15, 0.2) is 54.9 Å². The highest BCUT2D eigenvalue weighted by Crippen LogP contribution is 2.28. The Morgan fingerprint density at radius 3 is 2.82 bits per heavy atom. The molecule has 3 rings (SSSR count). The number of amides is 1. The van der Waals surface area contributed by atoms with Crippen molar-refractivity contribution in [2.24, 2.45) is 0 Å².